The molecule has 0 saturated heterocycles. The molecule has 6 heteroatoms. The first-order valence-corrected chi connectivity index (χ1v) is 14.2. The monoisotopic (exact) mass is 450 g/mol. The number of ether oxygens (including phenoxy) is 2. The third-order valence-electron chi connectivity index (χ3n) is 5.03. The van der Waals surface area contributed by atoms with Crippen molar-refractivity contribution in [2.75, 3.05) is 26.2 Å². The average Bonchev–Trinajstić information content (AvgIpc) is 2.68. The Morgan fingerprint density at radius 2 is 1.10 bits per heavy atom. The Kier molecular flexibility index (Phi) is 19.8. The summed E-state index contributed by atoms with van der Waals surface area (Å²) < 4.78 is 27.8. The standard InChI is InChI=1S/C24H51O5P/c1-5-6-7-8-9-10-11-12-13-14-15-16-17-18-20-27-21-19-22-29-30(25,26)23-28-24(2,3)4/h5-23H2,1-4H3,(H,25,26). The molecule has 0 heterocycles. The van der Waals surface area contributed by atoms with Crippen molar-refractivity contribution in [1.82, 2.24) is 0 Å². The van der Waals surface area contributed by atoms with Crippen LogP contribution in [-0.4, -0.2) is 36.7 Å². The largest absolute Gasteiger partial charge is 0.381 e. The van der Waals surface area contributed by atoms with Crippen LogP contribution in [0.4, 0.5) is 0 Å². The predicted octanol–water partition coefficient (Wildman–Crippen LogP) is 7.85. The highest BCUT2D eigenvalue weighted by atomic mass is 31.2. The second-order valence-electron chi connectivity index (χ2n) is 9.42. The van der Waals surface area contributed by atoms with E-state index in [2.05, 4.69) is 6.92 Å². The maximum Gasteiger partial charge on any atom is 0.353 e. The smallest absolute Gasteiger partial charge is 0.353 e. The number of hydrogen-bond donors (Lipinski definition) is 1. The van der Waals surface area contributed by atoms with Gasteiger partial charge in [0, 0.05) is 13.2 Å². The summed E-state index contributed by atoms with van der Waals surface area (Å²) in [5, 5.41) is 0. The lowest BCUT2D eigenvalue weighted by molar-refractivity contribution is 0.0140. The summed E-state index contributed by atoms with van der Waals surface area (Å²) in [7, 11) is -3.66. The van der Waals surface area contributed by atoms with E-state index in [1.807, 2.05) is 20.8 Å². The van der Waals surface area contributed by atoms with E-state index in [-0.39, 0.29) is 13.0 Å². The summed E-state index contributed by atoms with van der Waals surface area (Å²) in [4.78, 5) is 9.69. The molecule has 0 aliphatic carbocycles. The Bertz CT molecular complexity index is 409. The van der Waals surface area contributed by atoms with Gasteiger partial charge in [-0.05, 0) is 33.6 Å². The molecule has 0 fully saturated rings. The molecule has 0 bridgehead atoms. The van der Waals surface area contributed by atoms with E-state index in [9.17, 15) is 9.46 Å². The van der Waals surface area contributed by atoms with Crippen LogP contribution >= 0.6 is 7.60 Å². The third-order valence-corrected chi connectivity index (χ3v) is 6.07. The number of hydrogen-bond acceptors (Lipinski definition) is 4. The quantitative estimate of drug-likeness (QED) is 0.134. The minimum absolute atomic E-state index is 0.222. The van der Waals surface area contributed by atoms with Gasteiger partial charge in [-0.3, -0.25) is 4.57 Å². The maximum absolute atomic E-state index is 11.8. The molecular formula is C24H51O5P. The van der Waals surface area contributed by atoms with Crippen molar-refractivity contribution in [3.63, 3.8) is 0 Å². The molecule has 0 spiro atoms. The minimum atomic E-state index is -3.66. The second-order valence-corrected chi connectivity index (χ2v) is 11.2. The van der Waals surface area contributed by atoms with Crippen molar-refractivity contribution in [3.05, 3.63) is 0 Å². The van der Waals surface area contributed by atoms with Crippen LogP contribution in [0, 0.1) is 0 Å². The zero-order valence-electron chi connectivity index (χ0n) is 20.5. The van der Waals surface area contributed by atoms with Gasteiger partial charge in [0.05, 0.1) is 12.2 Å². The molecule has 0 radical (unpaired) electrons. The van der Waals surface area contributed by atoms with E-state index in [0.717, 1.165) is 13.0 Å². The van der Waals surface area contributed by atoms with Crippen molar-refractivity contribution in [2.24, 2.45) is 0 Å². The molecule has 0 aromatic rings. The van der Waals surface area contributed by atoms with E-state index in [1.54, 1.807) is 0 Å². The molecule has 0 aliphatic heterocycles. The number of rotatable bonds is 22. The zero-order valence-corrected chi connectivity index (χ0v) is 21.4. The lowest BCUT2D eigenvalue weighted by Gasteiger charge is -2.21. The van der Waals surface area contributed by atoms with Gasteiger partial charge in [0.2, 0.25) is 0 Å². The average molecular weight is 451 g/mol. The Morgan fingerprint density at radius 1 is 0.667 bits per heavy atom. The van der Waals surface area contributed by atoms with Crippen LogP contribution < -0.4 is 0 Å². The van der Waals surface area contributed by atoms with Crippen LogP contribution in [0.1, 0.15) is 124 Å². The van der Waals surface area contributed by atoms with Crippen LogP contribution in [0.2, 0.25) is 0 Å². The fourth-order valence-corrected chi connectivity index (χ4v) is 4.22. The fraction of sp³-hybridized carbons (Fsp3) is 1.00. The van der Waals surface area contributed by atoms with Gasteiger partial charge in [-0.1, -0.05) is 90.4 Å². The summed E-state index contributed by atoms with van der Waals surface area (Å²) in [6.07, 6.45) is 19.3. The van der Waals surface area contributed by atoms with Gasteiger partial charge in [-0.2, -0.15) is 0 Å². The molecular weight excluding hydrogens is 399 g/mol. The summed E-state index contributed by atoms with van der Waals surface area (Å²) in [5.74, 6) is 0. The van der Waals surface area contributed by atoms with Crippen LogP contribution in [0.3, 0.4) is 0 Å². The molecule has 1 N–H and O–H groups in total. The first kappa shape index (κ1) is 30.1. The molecule has 182 valence electrons. The van der Waals surface area contributed by atoms with Crippen LogP contribution in [0.25, 0.3) is 0 Å². The van der Waals surface area contributed by atoms with Crippen molar-refractivity contribution in [1.29, 1.82) is 0 Å². The fourth-order valence-electron chi connectivity index (χ4n) is 3.18. The predicted molar refractivity (Wildman–Crippen MR) is 127 cm³/mol. The lowest BCUT2D eigenvalue weighted by Crippen LogP contribution is -2.20. The zero-order chi connectivity index (χ0) is 22.6. The summed E-state index contributed by atoms with van der Waals surface area (Å²) in [5.41, 5.74) is -0.446. The van der Waals surface area contributed by atoms with Gasteiger partial charge in [-0.25, -0.2) is 0 Å². The van der Waals surface area contributed by atoms with Crippen molar-refractivity contribution >= 4 is 7.60 Å². The van der Waals surface area contributed by atoms with Crippen LogP contribution in [0.15, 0.2) is 0 Å². The highest BCUT2D eigenvalue weighted by Crippen LogP contribution is 2.42. The SMILES string of the molecule is CCCCCCCCCCCCCCCCOCCCOP(=O)(O)COC(C)(C)C. The van der Waals surface area contributed by atoms with Crippen molar-refractivity contribution in [2.45, 2.75) is 130 Å². The Morgan fingerprint density at radius 3 is 1.57 bits per heavy atom. The molecule has 30 heavy (non-hydrogen) atoms. The first-order chi connectivity index (χ1) is 14.3. The van der Waals surface area contributed by atoms with Gasteiger partial charge in [0.25, 0.3) is 0 Å². The number of unbranched alkanes of at least 4 members (excludes halogenated alkanes) is 13. The maximum atomic E-state index is 11.8. The van der Waals surface area contributed by atoms with Gasteiger partial charge in [0.1, 0.15) is 6.35 Å². The summed E-state index contributed by atoms with van der Waals surface area (Å²) in [6, 6.07) is 0. The molecule has 0 aromatic heterocycles. The first-order valence-electron chi connectivity index (χ1n) is 12.4. The van der Waals surface area contributed by atoms with E-state index in [0.29, 0.717) is 13.0 Å². The van der Waals surface area contributed by atoms with Gasteiger partial charge < -0.3 is 18.9 Å². The Balaban J connectivity index is 3.24. The summed E-state index contributed by atoms with van der Waals surface area (Å²) in [6.45, 7) is 9.36. The topological polar surface area (TPSA) is 65.0 Å². The van der Waals surface area contributed by atoms with Gasteiger partial charge >= 0.3 is 7.60 Å². The van der Waals surface area contributed by atoms with Gasteiger partial charge in [-0.15, -0.1) is 0 Å². The normalized spacial score (nSPS) is 14.2. The lowest BCUT2D eigenvalue weighted by atomic mass is 10.0. The van der Waals surface area contributed by atoms with Crippen molar-refractivity contribution < 1.29 is 23.5 Å². The summed E-state index contributed by atoms with van der Waals surface area (Å²) >= 11 is 0. The highest BCUT2D eigenvalue weighted by Gasteiger charge is 2.23. The molecule has 0 amide bonds. The molecule has 0 rings (SSSR count). The van der Waals surface area contributed by atoms with E-state index < -0.39 is 13.2 Å². The van der Waals surface area contributed by atoms with E-state index in [1.165, 1.54) is 83.5 Å². The Hall–Kier alpha value is 0.0700. The van der Waals surface area contributed by atoms with Gasteiger partial charge in [0.15, 0.2) is 0 Å². The molecule has 5 nitrogen and oxygen atoms in total. The van der Waals surface area contributed by atoms with E-state index in [4.69, 9.17) is 14.0 Å². The van der Waals surface area contributed by atoms with Crippen LogP contribution in [-0.2, 0) is 18.6 Å². The second kappa shape index (κ2) is 19.7. The van der Waals surface area contributed by atoms with Crippen LogP contribution in [0.5, 0.6) is 0 Å². The molecule has 1 unspecified atom stereocenters. The molecule has 0 aromatic carbocycles. The Labute approximate surface area is 187 Å². The molecule has 0 aliphatic rings. The van der Waals surface area contributed by atoms with E-state index >= 15 is 0 Å². The highest BCUT2D eigenvalue weighted by molar-refractivity contribution is 7.52. The molecule has 0 saturated carbocycles. The minimum Gasteiger partial charge on any atom is -0.381 e. The third kappa shape index (κ3) is 24.3. The molecule has 1 atom stereocenters. The van der Waals surface area contributed by atoms with Crippen molar-refractivity contribution in [3.8, 4) is 0 Å².